The van der Waals surface area contributed by atoms with Crippen LogP contribution in [-0.4, -0.2) is 12.0 Å². The van der Waals surface area contributed by atoms with Crippen molar-refractivity contribution in [2.75, 3.05) is 0 Å². The summed E-state index contributed by atoms with van der Waals surface area (Å²) in [4.78, 5) is 11.5. The number of carbonyl (C=O) groups excluding carboxylic acids is 1. The minimum Gasteiger partial charge on any atom is -0.490 e. The highest BCUT2D eigenvalue weighted by Gasteiger charge is 2.27. The third kappa shape index (κ3) is 4.21. The molecule has 4 nitrogen and oxygen atoms in total. The van der Waals surface area contributed by atoms with Crippen LogP contribution < -0.4 is 16.0 Å². The Kier molecular flexibility index (Phi) is 4.88. The van der Waals surface area contributed by atoms with E-state index in [-0.39, 0.29) is 23.3 Å². The van der Waals surface area contributed by atoms with Gasteiger partial charge in [-0.05, 0) is 48.8 Å². The van der Waals surface area contributed by atoms with Crippen molar-refractivity contribution < 1.29 is 9.53 Å². The van der Waals surface area contributed by atoms with Gasteiger partial charge < -0.3 is 4.74 Å². The van der Waals surface area contributed by atoms with Crippen molar-refractivity contribution in [3.05, 3.63) is 29.8 Å². The van der Waals surface area contributed by atoms with Crippen LogP contribution in [0.4, 0.5) is 0 Å². The topological polar surface area (TPSA) is 64.3 Å². The summed E-state index contributed by atoms with van der Waals surface area (Å²) < 4.78 is 6.09. The van der Waals surface area contributed by atoms with Gasteiger partial charge in [0.15, 0.2) is 0 Å². The number of amides is 1. The molecule has 0 saturated heterocycles. The SMILES string of the molecule is CC(C)(C)c1cccc(OC2CCC(C(=O)NN)CC2)c1. The monoisotopic (exact) mass is 290 g/mol. The average Bonchev–Trinajstić information content (AvgIpc) is 2.47. The summed E-state index contributed by atoms with van der Waals surface area (Å²) in [6, 6.07) is 8.31. The largest absolute Gasteiger partial charge is 0.490 e. The molecule has 0 aliphatic heterocycles. The number of hydrogen-bond donors (Lipinski definition) is 2. The van der Waals surface area contributed by atoms with Gasteiger partial charge in [-0.2, -0.15) is 0 Å². The maximum atomic E-state index is 11.5. The summed E-state index contributed by atoms with van der Waals surface area (Å²) in [5.74, 6) is 6.10. The minimum absolute atomic E-state index is 0.0377. The third-order valence-corrected chi connectivity index (χ3v) is 4.19. The van der Waals surface area contributed by atoms with E-state index in [1.54, 1.807) is 0 Å². The first kappa shape index (κ1) is 15.8. The van der Waals surface area contributed by atoms with Crippen molar-refractivity contribution in [1.82, 2.24) is 5.43 Å². The zero-order valence-corrected chi connectivity index (χ0v) is 13.2. The lowest BCUT2D eigenvalue weighted by Crippen LogP contribution is -2.38. The van der Waals surface area contributed by atoms with Gasteiger partial charge in [-0.25, -0.2) is 5.84 Å². The summed E-state index contributed by atoms with van der Waals surface area (Å²) in [6.45, 7) is 6.59. The average molecular weight is 290 g/mol. The number of ether oxygens (including phenoxy) is 1. The van der Waals surface area contributed by atoms with Crippen LogP contribution in [0.2, 0.25) is 0 Å². The second-order valence-electron chi connectivity index (χ2n) is 6.88. The van der Waals surface area contributed by atoms with Crippen molar-refractivity contribution in [3.8, 4) is 5.75 Å². The lowest BCUT2D eigenvalue weighted by atomic mass is 9.86. The molecule has 0 radical (unpaired) electrons. The summed E-state index contributed by atoms with van der Waals surface area (Å²) in [7, 11) is 0. The van der Waals surface area contributed by atoms with E-state index in [1.165, 1.54) is 5.56 Å². The normalized spacial score (nSPS) is 22.7. The summed E-state index contributed by atoms with van der Waals surface area (Å²) >= 11 is 0. The Labute approximate surface area is 127 Å². The first-order valence-corrected chi connectivity index (χ1v) is 7.68. The minimum atomic E-state index is -0.0526. The van der Waals surface area contributed by atoms with Crippen molar-refractivity contribution in [2.45, 2.75) is 58.0 Å². The van der Waals surface area contributed by atoms with Gasteiger partial charge in [0, 0.05) is 5.92 Å². The molecule has 0 atom stereocenters. The Hall–Kier alpha value is -1.55. The number of hydrazine groups is 1. The van der Waals surface area contributed by atoms with Crippen LogP contribution in [0.5, 0.6) is 5.75 Å². The van der Waals surface area contributed by atoms with Crippen LogP contribution in [0.3, 0.4) is 0 Å². The van der Waals surface area contributed by atoms with Crippen molar-refractivity contribution in [3.63, 3.8) is 0 Å². The lowest BCUT2D eigenvalue weighted by Gasteiger charge is -2.28. The molecule has 2 rings (SSSR count). The Morgan fingerprint density at radius 3 is 2.48 bits per heavy atom. The summed E-state index contributed by atoms with van der Waals surface area (Å²) in [6.07, 6.45) is 3.68. The van der Waals surface area contributed by atoms with Gasteiger partial charge in [0.1, 0.15) is 5.75 Å². The van der Waals surface area contributed by atoms with Crippen LogP contribution in [-0.2, 0) is 10.2 Å². The molecule has 1 aliphatic carbocycles. The molecule has 0 bridgehead atoms. The fraction of sp³-hybridized carbons (Fsp3) is 0.588. The van der Waals surface area contributed by atoms with Gasteiger partial charge >= 0.3 is 0 Å². The zero-order chi connectivity index (χ0) is 15.5. The Bertz CT molecular complexity index is 486. The summed E-state index contributed by atoms with van der Waals surface area (Å²) in [5, 5.41) is 0. The quantitative estimate of drug-likeness (QED) is 0.511. The first-order chi connectivity index (χ1) is 9.90. The lowest BCUT2D eigenvalue weighted by molar-refractivity contribution is -0.126. The van der Waals surface area contributed by atoms with E-state index in [1.807, 2.05) is 12.1 Å². The molecule has 1 fully saturated rings. The van der Waals surface area contributed by atoms with E-state index in [0.717, 1.165) is 31.4 Å². The second kappa shape index (κ2) is 6.48. The number of nitrogens with one attached hydrogen (secondary N) is 1. The van der Waals surface area contributed by atoms with Gasteiger partial charge in [-0.15, -0.1) is 0 Å². The number of benzene rings is 1. The highest BCUT2D eigenvalue weighted by molar-refractivity contribution is 5.78. The van der Waals surface area contributed by atoms with Gasteiger partial charge in [0.25, 0.3) is 0 Å². The Morgan fingerprint density at radius 2 is 1.90 bits per heavy atom. The molecular formula is C17H26N2O2. The molecular weight excluding hydrogens is 264 g/mol. The van der Waals surface area contributed by atoms with Gasteiger partial charge in [-0.1, -0.05) is 32.9 Å². The molecule has 0 aromatic heterocycles. The molecule has 0 unspecified atom stereocenters. The van der Waals surface area contributed by atoms with E-state index in [9.17, 15) is 4.79 Å². The number of nitrogens with two attached hydrogens (primary N) is 1. The molecule has 0 heterocycles. The number of rotatable bonds is 3. The predicted octanol–water partition coefficient (Wildman–Crippen LogP) is 2.91. The van der Waals surface area contributed by atoms with E-state index in [4.69, 9.17) is 10.6 Å². The van der Waals surface area contributed by atoms with Crippen molar-refractivity contribution in [2.24, 2.45) is 11.8 Å². The molecule has 1 aromatic carbocycles. The van der Waals surface area contributed by atoms with Gasteiger partial charge in [-0.3, -0.25) is 10.2 Å². The fourth-order valence-corrected chi connectivity index (χ4v) is 2.79. The maximum absolute atomic E-state index is 11.5. The van der Waals surface area contributed by atoms with E-state index in [0.29, 0.717) is 0 Å². The van der Waals surface area contributed by atoms with E-state index < -0.39 is 0 Å². The standard InChI is InChI=1S/C17H26N2O2/c1-17(2,3)13-5-4-6-15(11-13)21-14-9-7-12(8-10-14)16(20)19-18/h4-6,11-12,14H,7-10,18H2,1-3H3,(H,19,20). The van der Waals surface area contributed by atoms with Gasteiger partial charge in [0.05, 0.1) is 6.10 Å². The molecule has 0 spiro atoms. The molecule has 1 aliphatic rings. The highest BCUT2D eigenvalue weighted by Crippen LogP contribution is 2.30. The molecule has 21 heavy (non-hydrogen) atoms. The van der Waals surface area contributed by atoms with Crippen molar-refractivity contribution >= 4 is 5.91 Å². The molecule has 116 valence electrons. The highest BCUT2D eigenvalue weighted by atomic mass is 16.5. The molecule has 4 heteroatoms. The van der Waals surface area contributed by atoms with Crippen LogP contribution in [0.1, 0.15) is 52.0 Å². The second-order valence-corrected chi connectivity index (χ2v) is 6.88. The van der Waals surface area contributed by atoms with E-state index >= 15 is 0 Å². The van der Waals surface area contributed by atoms with Crippen LogP contribution >= 0.6 is 0 Å². The fourth-order valence-electron chi connectivity index (χ4n) is 2.79. The van der Waals surface area contributed by atoms with E-state index in [2.05, 4.69) is 38.3 Å². The third-order valence-electron chi connectivity index (χ3n) is 4.19. The predicted molar refractivity (Wildman–Crippen MR) is 83.8 cm³/mol. The van der Waals surface area contributed by atoms with Gasteiger partial charge in [0.2, 0.25) is 5.91 Å². The number of hydrogen-bond acceptors (Lipinski definition) is 3. The van der Waals surface area contributed by atoms with Crippen LogP contribution in [0, 0.1) is 5.92 Å². The van der Waals surface area contributed by atoms with Crippen molar-refractivity contribution in [1.29, 1.82) is 0 Å². The maximum Gasteiger partial charge on any atom is 0.236 e. The smallest absolute Gasteiger partial charge is 0.236 e. The first-order valence-electron chi connectivity index (χ1n) is 7.68. The molecule has 1 aromatic rings. The molecule has 1 amide bonds. The number of carbonyl (C=O) groups is 1. The van der Waals surface area contributed by atoms with Crippen LogP contribution in [0.15, 0.2) is 24.3 Å². The summed E-state index contributed by atoms with van der Waals surface area (Å²) in [5.41, 5.74) is 3.64. The zero-order valence-electron chi connectivity index (χ0n) is 13.2. The van der Waals surface area contributed by atoms with Crippen LogP contribution in [0.25, 0.3) is 0 Å². The molecule has 3 N–H and O–H groups in total. The Balaban J connectivity index is 1.93. The Morgan fingerprint density at radius 1 is 1.24 bits per heavy atom. The molecule has 1 saturated carbocycles.